The fourth-order valence-electron chi connectivity index (χ4n) is 2.74. The van der Waals surface area contributed by atoms with E-state index in [2.05, 4.69) is 4.98 Å². The predicted octanol–water partition coefficient (Wildman–Crippen LogP) is 2.56. The van der Waals surface area contributed by atoms with Gasteiger partial charge in [0.15, 0.2) is 0 Å². The molecule has 0 saturated heterocycles. The van der Waals surface area contributed by atoms with Crippen LogP contribution < -0.4 is 0 Å². The monoisotopic (exact) mass is 340 g/mol. The molecule has 2 amide bonds. The van der Waals surface area contributed by atoms with Crippen LogP contribution in [-0.4, -0.2) is 32.8 Å². The molecule has 3 heterocycles. The van der Waals surface area contributed by atoms with E-state index in [0.717, 1.165) is 25.9 Å². The number of amides is 2. The number of aromatic nitrogens is 2. The minimum atomic E-state index is -0.520. The molecule has 24 heavy (non-hydrogen) atoms. The van der Waals surface area contributed by atoms with Gasteiger partial charge in [0.25, 0.3) is 11.8 Å². The number of carbonyl (C=O) groups is 2. The van der Waals surface area contributed by atoms with Crippen LogP contribution in [0.2, 0.25) is 0 Å². The first-order chi connectivity index (χ1) is 11.4. The summed E-state index contributed by atoms with van der Waals surface area (Å²) >= 11 is 1.48. The summed E-state index contributed by atoms with van der Waals surface area (Å²) in [5, 5.41) is 9.26. The fourth-order valence-corrected chi connectivity index (χ4v) is 3.79. The third kappa shape index (κ3) is 2.27. The van der Waals surface area contributed by atoms with Gasteiger partial charge in [-0.2, -0.15) is 5.26 Å². The lowest BCUT2D eigenvalue weighted by Crippen LogP contribution is -2.42. The van der Waals surface area contributed by atoms with Gasteiger partial charge >= 0.3 is 0 Å². The van der Waals surface area contributed by atoms with Crippen molar-refractivity contribution >= 4 is 39.6 Å². The van der Waals surface area contributed by atoms with Crippen LogP contribution in [0.15, 0.2) is 22.8 Å². The van der Waals surface area contributed by atoms with Gasteiger partial charge in [-0.05, 0) is 38.5 Å². The number of likely N-dealkylation sites (N-methyl/N-ethyl adjacent to an activating group) is 1. The van der Waals surface area contributed by atoms with Crippen LogP contribution >= 0.6 is 11.3 Å². The zero-order chi connectivity index (χ0) is 17.6. The van der Waals surface area contributed by atoms with Gasteiger partial charge < -0.3 is 4.57 Å². The van der Waals surface area contributed by atoms with Crippen LogP contribution in [0.25, 0.3) is 16.4 Å². The molecule has 0 spiro atoms. The van der Waals surface area contributed by atoms with Crippen molar-refractivity contribution in [3.05, 3.63) is 33.5 Å². The van der Waals surface area contributed by atoms with E-state index in [0.29, 0.717) is 11.1 Å². The van der Waals surface area contributed by atoms with Gasteiger partial charge in [0, 0.05) is 24.0 Å². The fraction of sp³-hybridized carbons (Fsp3) is 0.294. The predicted molar refractivity (Wildman–Crippen MR) is 92.0 cm³/mol. The number of carbonyl (C=O) groups excluding carboxylic acids is 2. The van der Waals surface area contributed by atoms with E-state index in [1.165, 1.54) is 11.3 Å². The summed E-state index contributed by atoms with van der Waals surface area (Å²) in [4.78, 5) is 32.1. The molecule has 6 nitrogen and oxygen atoms in total. The Morgan fingerprint density at radius 2 is 2.04 bits per heavy atom. The van der Waals surface area contributed by atoms with Crippen molar-refractivity contribution in [3.8, 4) is 6.07 Å². The summed E-state index contributed by atoms with van der Waals surface area (Å²) in [5.41, 5.74) is 1.84. The average Bonchev–Trinajstić information content (AvgIpc) is 3.04. The van der Waals surface area contributed by atoms with Crippen molar-refractivity contribution in [1.82, 2.24) is 14.5 Å². The first-order valence-electron chi connectivity index (χ1n) is 7.51. The van der Waals surface area contributed by atoms with Crippen LogP contribution in [0.1, 0.15) is 24.5 Å². The first kappa shape index (κ1) is 16.1. The Balaban J connectivity index is 2.15. The third-order valence-electron chi connectivity index (χ3n) is 4.25. The molecule has 1 aliphatic rings. The Bertz CT molecular complexity index is 984. The molecule has 1 aliphatic heterocycles. The highest BCUT2D eigenvalue weighted by molar-refractivity contribution is 7.19. The Labute approximate surface area is 143 Å². The summed E-state index contributed by atoms with van der Waals surface area (Å²) in [6.45, 7) is 5.53. The van der Waals surface area contributed by atoms with E-state index >= 15 is 0 Å². The van der Waals surface area contributed by atoms with Crippen LogP contribution in [0.5, 0.6) is 0 Å². The van der Waals surface area contributed by atoms with Gasteiger partial charge in [0.2, 0.25) is 0 Å². The Morgan fingerprint density at radius 1 is 1.33 bits per heavy atom. The molecule has 7 heteroatoms. The van der Waals surface area contributed by atoms with Gasteiger partial charge in [-0.1, -0.05) is 0 Å². The van der Waals surface area contributed by atoms with Crippen LogP contribution in [-0.2, 0) is 16.6 Å². The minimum absolute atomic E-state index is 0.0257. The number of nitrogens with zero attached hydrogens (tertiary/aromatic N) is 4. The van der Waals surface area contributed by atoms with Gasteiger partial charge in [0.1, 0.15) is 22.3 Å². The third-order valence-corrected chi connectivity index (χ3v) is 5.22. The quantitative estimate of drug-likeness (QED) is 0.622. The maximum Gasteiger partial charge on any atom is 0.271 e. The second-order valence-corrected chi connectivity index (χ2v) is 6.64. The normalized spacial score (nSPS) is 17.3. The topological polar surface area (TPSA) is 79.0 Å². The smallest absolute Gasteiger partial charge is 0.271 e. The molecule has 0 saturated carbocycles. The van der Waals surface area contributed by atoms with Gasteiger partial charge in [-0.3, -0.25) is 14.5 Å². The molecule has 2 aromatic rings. The molecule has 0 aliphatic carbocycles. The summed E-state index contributed by atoms with van der Waals surface area (Å²) in [6, 6.07) is 3.89. The van der Waals surface area contributed by atoms with E-state index in [-0.39, 0.29) is 18.0 Å². The standard InChI is InChI=1S/C17H16N4O2S/c1-5-21-16(22)12(9(2)13(8-18)17(21)23)6-11-7-14-15(24-11)19-10(3)20(14)4/h6-7H,5H2,1-4H3/b12-6-. The molecular weight excluding hydrogens is 324 g/mol. The number of aryl methyl sites for hydroxylation is 2. The van der Waals surface area contributed by atoms with Crippen LogP contribution in [0.3, 0.4) is 0 Å². The van der Waals surface area contributed by atoms with Gasteiger partial charge in [0.05, 0.1) is 5.52 Å². The lowest BCUT2D eigenvalue weighted by Gasteiger charge is -2.26. The second kappa shape index (κ2) is 5.73. The van der Waals surface area contributed by atoms with E-state index < -0.39 is 5.91 Å². The number of imidazole rings is 1. The molecule has 0 fully saturated rings. The highest BCUT2D eigenvalue weighted by Crippen LogP contribution is 2.31. The number of thiophene rings is 1. The summed E-state index contributed by atoms with van der Waals surface area (Å²) in [5.74, 6) is 0.0451. The molecule has 2 aromatic heterocycles. The molecular formula is C17H16N4O2S. The van der Waals surface area contributed by atoms with Crippen molar-refractivity contribution < 1.29 is 9.59 Å². The largest absolute Gasteiger partial charge is 0.331 e. The van der Waals surface area contributed by atoms with E-state index in [1.54, 1.807) is 19.9 Å². The number of nitriles is 1. The van der Waals surface area contributed by atoms with Crippen LogP contribution in [0, 0.1) is 18.3 Å². The lowest BCUT2D eigenvalue weighted by atomic mass is 9.95. The molecule has 0 unspecified atom stereocenters. The molecule has 0 aromatic carbocycles. The minimum Gasteiger partial charge on any atom is -0.331 e. The number of fused-ring (bicyclic) bond motifs is 1. The molecule has 0 bridgehead atoms. The van der Waals surface area contributed by atoms with Crippen LogP contribution in [0.4, 0.5) is 0 Å². The van der Waals surface area contributed by atoms with Gasteiger partial charge in [-0.15, -0.1) is 11.3 Å². The Morgan fingerprint density at radius 3 is 2.62 bits per heavy atom. The molecule has 0 radical (unpaired) electrons. The average molecular weight is 340 g/mol. The maximum absolute atomic E-state index is 12.6. The number of imide groups is 1. The number of hydrogen-bond donors (Lipinski definition) is 0. The van der Waals surface area contributed by atoms with E-state index in [9.17, 15) is 14.9 Å². The zero-order valence-corrected chi connectivity index (χ0v) is 14.7. The lowest BCUT2D eigenvalue weighted by molar-refractivity contribution is -0.140. The summed E-state index contributed by atoms with van der Waals surface area (Å²) in [6.07, 6.45) is 1.74. The van der Waals surface area contributed by atoms with Crippen molar-refractivity contribution in [1.29, 1.82) is 5.26 Å². The Kier molecular flexibility index (Phi) is 3.85. The van der Waals surface area contributed by atoms with Crippen molar-refractivity contribution in [3.63, 3.8) is 0 Å². The summed E-state index contributed by atoms with van der Waals surface area (Å²) in [7, 11) is 1.94. The van der Waals surface area contributed by atoms with Crippen molar-refractivity contribution in [2.75, 3.05) is 6.54 Å². The molecule has 0 atom stereocenters. The number of rotatable bonds is 2. The highest BCUT2D eigenvalue weighted by atomic mass is 32.1. The molecule has 0 N–H and O–H groups in total. The molecule has 122 valence electrons. The van der Waals surface area contributed by atoms with Gasteiger partial charge in [-0.25, -0.2) is 4.98 Å². The van der Waals surface area contributed by atoms with Crippen molar-refractivity contribution in [2.24, 2.45) is 7.05 Å². The van der Waals surface area contributed by atoms with E-state index in [4.69, 9.17) is 0 Å². The first-order valence-corrected chi connectivity index (χ1v) is 8.32. The SMILES string of the molecule is CCN1C(=O)C(C#N)=C(C)/C(=C/c2cc3c(nc(C)n3C)s2)C1=O. The van der Waals surface area contributed by atoms with E-state index in [1.807, 2.05) is 30.7 Å². The second-order valence-electron chi connectivity index (χ2n) is 5.58. The number of hydrogen-bond acceptors (Lipinski definition) is 5. The highest BCUT2D eigenvalue weighted by Gasteiger charge is 2.34. The molecule has 3 rings (SSSR count). The zero-order valence-electron chi connectivity index (χ0n) is 13.9. The Hall–Kier alpha value is -2.72. The van der Waals surface area contributed by atoms with Crippen molar-refractivity contribution in [2.45, 2.75) is 20.8 Å². The summed E-state index contributed by atoms with van der Waals surface area (Å²) < 4.78 is 1.99. The maximum atomic E-state index is 12.6.